The molecule has 8 heteroatoms. The molecule has 0 bridgehead atoms. The zero-order chi connectivity index (χ0) is 13.7. The molecule has 0 fully saturated rings. The van der Waals surface area contributed by atoms with Crippen molar-refractivity contribution < 1.29 is 24.7 Å². The third-order valence-electron chi connectivity index (χ3n) is 2.27. The Morgan fingerprint density at radius 3 is 2.67 bits per heavy atom. The highest BCUT2D eigenvalue weighted by Crippen LogP contribution is 2.20. The number of pyridine rings is 1. The number of nitro groups is 1. The van der Waals surface area contributed by atoms with Gasteiger partial charge in [0.25, 0.3) is 0 Å². The second-order valence-electron chi connectivity index (χ2n) is 3.50. The van der Waals surface area contributed by atoms with Crippen molar-refractivity contribution in [3.63, 3.8) is 0 Å². The van der Waals surface area contributed by atoms with Crippen molar-refractivity contribution in [2.24, 2.45) is 0 Å². The fourth-order valence-corrected chi connectivity index (χ4v) is 1.27. The Bertz CT molecular complexity index is 432. The number of carbonyl (C=O) groups excluding carboxylic acids is 1. The summed E-state index contributed by atoms with van der Waals surface area (Å²) < 4.78 is 4.34. The van der Waals surface area contributed by atoms with Crippen molar-refractivity contribution in [3.8, 4) is 0 Å². The monoisotopic (exact) mass is 256 g/mol. The third-order valence-corrected chi connectivity index (χ3v) is 2.27. The van der Waals surface area contributed by atoms with Crippen LogP contribution in [0, 0.1) is 10.1 Å². The average Bonchev–Trinajstić information content (AvgIpc) is 2.37. The van der Waals surface area contributed by atoms with Gasteiger partial charge in [-0.2, -0.15) is 0 Å². The number of carbonyl (C=O) groups is 1. The summed E-state index contributed by atoms with van der Waals surface area (Å²) in [7, 11) is 1.16. The van der Waals surface area contributed by atoms with Gasteiger partial charge in [0, 0.05) is 11.6 Å². The second-order valence-corrected chi connectivity index (χ2v) is 3.50. The number of hydrogen-bond donors (Lipinski definition) is 2. The van der Waals surface area contributed by atoms with E-state index < -0.39 is 23.1 Å². The Morgan fingerprint density at radius 1 is 1.56 bits per heavy atom. The molecular formula is C10H12N2O6. The Morgan fingerprint density at radius 2 is 2.22 bits per heavy atom. The van der Waals surface area contributed by atoms with Crippen molar-refractivity contribution in [2.75, 3.05) is 7.11 Å². The zero-order valence-electron chi connectivity index (χ0n) is 9.52. The summed E-state index contributed by atoms with van der Waals surface area (Å²) in [5.41, 5.74) is 0.178. The van der Waals surface area contributed by atoms with E-state index in [9.17, 15) is 25.1 Å². The van der Waals surface area contributed by atoms with E-state index in [-0.39, 0.29) is 17.8 Å². The molecular weight excluding hydrogens is 244 g/mol. The molecule has 0 aliphatic carbocycles. The normalized spacial score (nSPS) is 13.7. The van der Waals surface area contributed by atoms with Gasteiger partial charge in [0.15, 0.2) is 0 Å². The first-order chi connectivity index (χ1) is 8.45. The van der Waals surface area contributed by atoms with Crippen LogP contribution in [-0.4, -0.2) is 39.3 Å². The summed E-state index contributed by atoms with van der Waals surface area (Å²) in [5.74, 6) is -1.04. The van der Waals surface area contributed by atoms with Crippen molar-refractivity contribution >= 4 is 11.8 Å². The van der Waals surface area contributed by atoms with Crippen molar-refractivity contribution in [1.82, 2.24) is 4.98 Å². The molecule has 98 valence electrons. The molecule has 0 saturated heterocycles. The summed E-state index contributed by atoms with van der Waals surface area (Å²) in [5, 5.41) is 29.6. The van der Waals surface area contributed by atoms with Gasteiger partial charge in [-0.15, -0.1) is 0 Å². The summed E-state index contributed by atoms with van der Waals surface area (Å²) in [6.45, 7) is 0. The molecule has 0 radical (unpaired) electrons. The SMILES string of the molecule is COC(=O)CC(O)C(O)c1ccc([N+](=O)[O-])nc1. The van der Waals surface area contributed by atoms with E-state index in [0.29, 0.717) is 0 Å². The van der Waals surface area contributed by atoms with Gasteiger partial charge in [-0.3, -0.25) is 4.79 Å². The summed E-state index contributed by atoms with van der Waals surface area (Å²) in [4.78, 5) is 24.1. The summed E-state index contributed by atoms with van der Waals surface area (Å²) >= 11 is 0. The predicted octanol–water partition coefficient (Wildman–Crippen LogP) is -0.0528. The number of aliphatic hydroxyl groups is 2. The Hall–Kier alpha value is -2.06. The molecule has 0 aromatic carbocycles. The van der Waals surface area contributed by atoms with E-state index in [1.807, 2.05) is 0 Å². The molecule has 0 amide bonds. The van der Waals surface area contributed by atoms with Gasteiger partial charge >= 0.3 is 11.8 Å². The van der Waals surface area contributed by atoms with Crippen LogP contribution in [-0.2, 0) is 9.53 Å². The molecule has 8 nitrogen and oxygen atoms in total. The zero-order valence-corrected chi connectivity index (χ0v) is 9.52. The molecule has 2 atom stereocenters. The van der Waals surface area contributed by atoms with E-state index in [1.54, 1.807) is 0 Å². The number of hydrogen-bond acceptors (Lipinski definition) is 7. The Balaban J connectivity index is 2.74. The molecule has 18 heavy (non-hydrogen) atoms. The van der Waals surface area contributed by atoms with Gasteiger partial charge < -0.3 is 25.1 Å². The minimum absolute atomic E-state index is 0.178. The lowest BCUT2D eigenvalue weighted by molar-refractivity contribution is -0.389. The van der Waals surface area contributed by atoms with E-state index in [1.165, 1.54) is 6.07 Å². The first-order valence-corrected chi connectivity index (χ1v) is 4.99. The molecule has 1 rings (SSSR count). The molecule has 1 heterocycles. The minimum Gasteiger partial charge on any atom is -0.469 e. The first kappa shape index (κ1) is 14.0. The lowest BCUT2D eigenvalue weighted by Crippen LogP contribution is -2.22. The van der Waals surface area contributed by atoms with Crippen LogP contribution < -0.4 is 0 Å². The van der Waals surface area contributed by atoms with Crippen molar-refractivity contribution in [2.45, 2.75) is 18.6 Å². The maximum atomic E-state index is 10.9. The molecule has 0 saturated carbocycles. The number of rotatable bonds is 5. The fraction of sp³-hybridized carbons (Fsp3) is 0.400. The maximum Gasteiger partial charge on any atom is 0.363 e. The Labute approximate surface area is 102 Å². The quantitative estimate of drug-likeness (QED) is 0.430. The Kier molecular flexibility index (Phi) is 4.69. The van der Waals surface area contributed by atoms with Gasteiger partial charge in [0.05, 0.1) is 19.6 Å². The number of methoxy groups -OCH3 is 1. The smallest absolute Gasteiger partial charge is 0.363 e. The van der Waals surface area contributed by atoms with Crippen molar-refractivity contribution in [3.05, 3.63) is 34.0 Å². The molecule has 2 N–H and O–H groups in total. The molecule has 2 unspecified atom stereocenters. The predicted molar refractivity (Wildman–Crippen MR) is 58.5 cm³/mol. The maximum absolute atomic E-state index is 10.9. The summed E-state index contributed by atoms with van der Waals surface area (Å²) in [6, 6.07) is 2.36. The van der Waals surface area contributed by atoms with Crippen LogP contribution in [0.15, 0.2) is 18.3 Å². The molecule has 1 aromatic rings. The van der Waals surface area contributed by atoms with Crippen LogP contribution >= 0.6 is 0 Å². The van der Waals surface area contributed by atoms with Gasteiger partial charge in [0.1, 0.15) is 12.3 Å². The van der Waals surface area contributed by atoms with E-state index in [0.717, 1.165) is 19.4 Å². The number of esters is 1. The average molecular weight is 256 g/mol. The van der Waals surface area contributed by atoms with Crippen LogP contribution in [0.5, 0.6) is 0 Å². The molecule has 0 spiro atoms. The van der Waals surface area contributed by atoms with Crippen LogP contribution in [0.1, 0.15) is 18.1 Å². The number of aromatic nitrogens is 1. The van der Waals surface area contributed by atoms with E-state index in [4.69, 9.17) is 0 Å². The first-order valence-electron chi connectivity index (χ1n) is 4.99. The van der Waals surface area contributed by atoms with Gasteiger partial charge in [-0.25, -0.2) is 0 Å². The lowest BCUT2D eigenvalue weighted by Gasteiger charge is -2.15. The summed E-state index contributed by atoms with van der Waals surface area (Å²) in [6.07, 6.45) is -2.03. The number of aliphatic hydroxyl groups excluding tert-OH is 2. The lowest BCUT2D eigenvalue weighted by atomic mass is 10.0. The fourth-order valence-electron chi connectivity index (χ4n) is 1.27. The molecule has 1 aromatic heterocycles. The highest BCUT2D eigenvalue weighted by Gasteiger charge is 2.23. The second kappa shape index (κ2) is 6.03. The molecule has 0 aliphatic heterocycles. The van der Waals surface area contributed by atoms with Gasteiger partial charge in [0.2, 0.25) is 0 Å². The van der Waals surface area contributed by atoms with Gasteiger partial charge in [-0.05, 0) is 16.0 Å². The minimum atomic E-state index is -1.36. The molecule has 0 aliphatic rings. The highest BCUT2D eigenvalue weighted by molar-refractivity contribution is 5.69. The van der Waals surface area contributed by atoms with E-state index in [2.05, 4.69) is 9.72 Å². The van der Waals surface area contributed by atoms with Gasteiger partial charge in [-0.1, -0.05) is 0 Å². The third kappa shape index (κ3) is 3.47. The standard InChI is InChI=1S/C10H12N2O6/c1-18-9(14)4-7(13)10(15)6-2-3-8(11-5-6)12(16)17/h2-3,5,7,10,13,15H,4H2,1H3. The highest BCUT2D eigenvalue weighted by atomic mass is 16.6. The topological polar surface area (TPSA) is 123 Å². The van der Waals surface area contributed by atoms with Crippen LogP contribution in [0.25, 0.3) is 0 Å². The van der Waals surface area contributed by atoms with Crippen LogP contribution in [0.2, 0.25) is 0 Å². The van der Waals surface area contributed by atoms with Crippen LogP contribution in [0.4, 0.5) is 5.82 Å². The number of ether oxygens (including phenoxy) is 1. The van der Waals surface area contributed by atoms with Crippen molar-refractivity contribution in [1.29, 1.82) is 0 Å². The number of nitrogens with zero attached hydrogens (tertiary/aromatic N) is 2. The largest absolute Gasteiger partial charge is 0.469 e. The van der Waals surface area contributed by atoms with E-state index >= 15 is 0 Å². The van der Waals surface area contributed by atoms with Crippen LogP contribution in [0.3, 0.4) is 0 Å².